The Hall–Kier alpha value is 0.530. The Morgan fingerprint density at radius 1 is 1.17 bits per heavy atom. The zero-order valence-corrected chi connectivity index (χ0v) is 8.33. The van der Waals surface area contributed by atoms with Crippen molar-refractivity contribution in [1.82, 2.24) is 0 Å². The van der Waals surface area contributed by atoms with Gasteiger partial charge in [-0.3, -0.25) is 0 Å². The minimum absolute atomic E-state index is 0.371. The normalized spacial score (nSPS) is 49.2. The smallest absolute Gasteiger partial charge is 0.182 e. The van der Waals surface area contributed by atoms with Crippen LogP contribution in [0.2, 0.25) is 0 Å². The van der Waals surface area contributed by atoms with Crippen molar-refractivity contribution in [3.05, 3.63) is 0 Å². The summed E-state index contributed by atoms with van der Waals surface area (Å²) in [5.74, 6) is 0. The van der Waals surface area contributed by atoms with E-state index in [-0.39, 0.29) is 6.61 Å². The summed E-state index contributed by atoms with van der Waals surface area (Å²) in [7, 11) is 0. The molecule has 0 saturated carbocycles. The number of halogens is 1. The van der Waals surface area contributed by atoms with Gasteiger partial charge in [-0.25, -0.2) is 0 Å². The highest BCUT2D eigenvalue weighted by atomic mass is 127. The molecule has 5 atom stereocenters. The lowest BCUT2D eigenvalue weighted by molar-refractivity contribution is -0.246. The van der Waals surface area contributed by atoms with Crippen LogP contribution >= 0.6 is 22.6 Å². The molecule has 1 saturated heterocycles. The number of hydrogen-bond acceptors (Lipinski definition) is 5. The minimum Gasteiger partial charge on any atom is -0.394 e. The van der Waals surface area contributed by atoms with Gasteiger partial charge in [-0.2, -0.15) is 0 Å². The van der Waals surface area contributed by atoms with E-state index in [4.69, 9.17) is 14.9 Å². The second-order valence-corrected chi connectivity index (χ2v) is 4.11. The first-order chi connectivity index (χ1) is 5.57. The molecule has 0 aromatic rings. The molecule has 0 radical (unpaired) electrons. The Kier molecular flexibility index (Phi) is 3.68. The van der Waals surface area contributed by atoms with Crippen molar-refractivity contribution in [2.45, 2.75) is 28.5 Å². The van der Waals surface area contributed by atoms with E-state index in [1.165, 1.54) is 0 Å². The van der Waals surface area contributed by atoms with Crippen molar-refractivity contribution in [3.8, 4) is 0 Å². The molecule has 5 nitrogen and oxygen atoms in total. The summed E-state index contributed by atoms with van der Waals surface area (Å²) in [6.07, 6.45) is -4.20. The summed E-state index contributed by atoms with van der Waals surface area (Å²) in [5.41, 5.74) is 0. The fraction of sp³-hybridized carbons (Fsp3) is 1.00. The lowest BCUT2D eigenvalue weighted by Gasteiger charge is -2.37. The van der Waals surface area contributed by atoms with Crippen LogP contribution in [0.15, 0.2) is 0 Å². The van der Waals surface area contributed by atoms with Gasteiger partial charge in [0.1, 0.15) is 12.2 Å². The number of rotatable bonds is 1. The van der Waals surface area contributed by atoms with Crippen LogP contribution in [0.3, 0.4) is 0 Å². The van der Waals surface area contributed by atoms with Crippen LogP contribution in [0.5, 0.6) is 0 Å². The minimum atomic E-state index is -1.33. The van der Waals surface area contributed by atoms with Crippen LogP contribution in [-0.4, -0.2) is 55.6 Å². The summed E-state index contributed by atoms with van der Waals surface area (Å²) in [5, 5.41) is 36.3. The Labute approximate surface area is 83.1 Å². The number of ether oxygens (including phenoxy) is 1. The van der Waals surface area contributed by atoms with E-state index in [1.54, 1.807) is 0 Å². The van der Waals surface area contributed by atoms with Crippen LogP contribution < -0.4 is 0 Å². The maximum Gasteiger partial charge on any atom is 0.182 e. The van der Waals surface area contributed by atoms with Gasteiger partial charge in [0.15, 0.2) is 6.29 Å². The molecule has 0 aliphatic carbocycles. The molecule has 12 heavy (non-hydrogen) atoms. The molecule has 4 N–H and O–H groups in total. The molecule has 0 bridgehead atoms. The molecule has 0 amide bonds. The maximum absolute atomic E-state index is 9.36. The Balaban J connectivity index is 2.63. The molecule has 1 rings (SSSR count). The van der Waals surface area contributed by atoms with E-state index in [2.05, 4.69) is 0 Å². The molecule has 1 aliphatic rings. The fourth-order valence-corrected chi connectivity index (χ4v) is 1.87. The molecule has 0 spiro atoms. The molecular formula is C6H11IO5. The van der Waals surface area contributed by atoms with E-state index >= 15 is 0 Å². The molecular weight excluding hydrogens is 279 g/mol. The first-order valence-corrected chi connectivity index (χ1v) is 4.77. The number of alkyl halides is 1. The van der Waals surface area contributed by atoms with Gasteiger partial charge < -0.3 is 25.2 Å². The summed E-state index contributed by atoms with van der Waals surface area (Å²) in [6, 6.07) is 0. The largest absolute Gasteiger partial charge is 0.394 e. The number of aliphatic hydroxyl groups is 4. The molecule has 6 heteroatoms. The SMILES string of the molecule is OC[C@H]1O[C@H](O)[C@H](O)[C@@H](I)[C@@H]1O. The van der Waals surface area contributed by atoms with Crippen LogP contribution in [0, 0.1) is 0 Å². The molecule has 0 unspecified atom stereocenters. The predicted molar refractivity (Wildman–Crippen MR) is 47.8 cm³/mol. The first kappa shape index (κ1) is 10.6. The highest BCUT2D eigenvalue weighted by molar-refractivity contribution is 14.1. The molecule has 1 heterocycles. The molecule has 1 fully saturated rings. The third-order valence-corrected chi connectivity index (χ3v) is 3.29. The second-order valence-electron chi connectivity index (χ2n) is 2.67. The maximum atomic E-state index is 9.36. The lowest BCUT2D eigenvalue weighted by atomic mass is 10.0. The van der Waals surface area contributed by atoms with E-state index in [0.29, 0.717) is 0 Å². The zero-order chi connectivity index (χ0) is 9.30. The third kappa shape index (κ3) is 1.88. The average molecular weight is 290 g/mol. The summed E-state index contributed by atoms with van der Waals surface area (Å²) in [6.45, 7) is -0.371. The second kappa shape index (κ2) is 4.16. The van der Waals surface area contributed by atoms with Gasteiger partial charge in [-0.1, -0.05) is 22.6 Å². The molecule has 0 aromatic carbocycles. The van der Waals surface area contributed by atoms with Gasteiger partial charge in [0.25, 0.3) is 0 Å². The first-order valence-electron chi connectivity index (χ1n) is 3.52. The molecule has 0 aromatic heterocycles. The van der Waals surface area contributed by atoms with Gasteiger partial charge in [-0.15, -0.1) is 0 Å². The van der Waals surface area contributed by atoms with Crippen molar-refractivity contribution in [2.75, 3.05) is 6.61 Å². The third-order valence-electron chi connectivity index (χ3n) is 1.82. The lowest BCUT2D eigenvalue weighted by Crippen LogP contribution is -2.56. The van der Waals surface area contributed by atoms with Crippen LogP contribution in [0.1, 0.15) is 0 Å². The van der Waals surface area contributed by atoms with Crippen molar-refractivity contribution in [2.24, 2.45) is 0 Å². The van der Waals surface area contributed by atoms with E-state index < -0.39 is 28.5 Å². The zero-order valence-electron chi connectivity index (χ0n) is 6.17. The van der Waals surface area contributed by atoms with E-state index in [1.807, 2.05) is 22.6 Å². The van der Waals surface area contributed by atoms with E-state index in [9.17, 15) is 10.2 Å². The van der Waals surface area contributed by atoms with E-state index in [0.717, 1.165) is 0 Å². The molecule has 72 valence electrons. The summed E-state index contributed by atoms with van der Waals surface area (Å²) >= 11 is 1.81. The van der Waals surface area contributed by atoms with Gasteiger partial charge in [0.05, 0.1) is 16.6 Å². The highest BCUT2D eigenvalue weighted by Crippen LogP contribution is 2.25. The van der Waals surface area contributed by atoms with Gasteiger partial charge >= 0.3 is 0 Å². The topological polar surface area (TPSA) is 90.2 Å². The van der Waals surface area contributed by atoms with Crippen molar-refractivity contribution >= 4 is 22.6 Å². The summed E-state index contributed by atoms with van der Waals surface area (Å²) in [4.78, 5) is 0. The highest BCUT2D eigenvalue weighted by Gasteiger charge is 2.41. The fourth-order valence-electron chi connectivity index (χ4n) is 1.06. The van der Waals surface area contributed by atoms with Crippen LogP contribution in [-0.2, 0) is 4.74 Å². The Morgan fingerprint density at radius 3 is 2.25 bits per heavy atom. The quantitative estimate of drug-likeness (QED) is 0.339. The standard InChI is InChI=1S/C6H11IO5/c7-3-4(9)2(1-8)12-6(11)5(3)10/h2-6,8-11H,1H2/t2-,3+,4-,5-,6+/m1/s1. The monoisotopic (exact) mass is 290 g/mol. The average Bonchev–Trinajstić information content (AvgIpc) is 2.08. The van der Waals surface area contributed by atoms with Crippen molar-refractivity contribution in [3.63, 3.8) is 0 Å². The number of aliphatic hydroxyl groups excluding tert-OH is 4. The predicted octanol–water partition coefficient (Wildman–Crippen LogP) is -1.78. The Bertz CT molecular complexity index is 150. The van der Waals surface area contributed by atoms with Crippen LogP contribution in [0.25, 0.3) is 0 Å². The number of hydrogen-bond donors (Lipinski definition) is 4. The Morgan fingerprint density at radius 2 is 1.75 bits per heavy atom. The molecule has 1 aliphatic heterocycles. The summed E-state index contributed by atoms with van der Waals surface area (Å²) < 4.78 is 4.21. The van der Waals surface area contributed by atoms with Crippen LogP contribution in [0.4, 0.5) is 0 Å². The van der Waals surface area contributed by atoms with Crippen molar-refractivity contribution < 1.29 is 25.2 Å². The van der Waals surface area contributed by atoms with Crippen molar-refractivity contribution in [1.29, 1.82) is 0 Å². The van der Waals surface area contributed by atoms with Gasteiger partial charge in [0, 0.05) is 0 Å². The van der Waals surface area contributed by atoms with Gasteiger partial charge in [-0.05, 0) is 0 Å². The van der Waals surface area contributed by atoms with Gasteiger partial charge in [0.2, 0.25) is 0 Å².